The molecule has 1 aromatic heterocycles. The van der Waals surface area contributed by atoms with Gasteiger partial charge in [-0.1, -0.05) is 18.2 Å². The molecule has 108 valence electrons. The molecule has 2 rings (SSSR count). The first kappa shape index (κ1) is 14.6. The van der Waals surface area contributed by atoms with Crippen LogP contribution in [0.2, 0.25) is 0 Å². The quantitative estimate of drug-likeness (QED) is 0.752. The second kappa shape index (κ2) is 7.70. The van der Waals surface area contributed by atoms with Gasteiger partial charge in [0.1, 0.15) is 5.75 Å². The number of hydrogen-bond donors (Lipinski definition) is 1. The number of nitrogens with zero attached hydrogens (tertiary/aromatic N) is 2. The van der Waals surface area contributed by atoms with Crippen molar-refractivity contribution >= 4 is 0 Å². The van der Waals surface area contributed by atoms with Crippen molar-refractivity contribution in [2.45, 2.75) is 39.5 Å². The van der Waals surface area contributed by atoms with Crippen LogP contribution in [0.3, 0.4) is 0 Å². The van der Waals surface area contributed by atoms with Gasteiger partial charge in [-0.25, -0.2) is 0 Å². The van der Waals surface area contributed by atoms with Crippen molar-refractivity contribution in [1.29, 1.82) is 0 Å². The molecule has 0 aliphatic carbocycles. The molecule has 0 aliphatic heterocycles. The van der Waals surface area contributed by atoms with E-state index in [0.717, 1.165) is 31.8 Å². The summed E-state index contributed by atoms with van der Waals surface area (Å²) in [5.74, 6) is 0.974. The Hall–Kier alpha value is -1.81. The third-order valence-electron chi connectivity index (χ3n) is 2.95. The number of benzene rings is 1. The Morgan fingerprint density at radius 3 is 2.85 bits per heavy atom. The predicted molar refractivity (Wildman–Crippen MR) is 80.8 cm³/mol. The Labute approximate surface area is 120 Å². The van der Waals surface area contributed by atoms with E-state index < -0.39 is 0 Å². The second-order valence-electron chi connectivity index (χ2n) is 5.07. The fraction of sp³-hybridized carbons (Fsp3) is 0.438. The summed E-state index contributed by atoms with van der Waals surface area (Å²) < 4.78 is 7.76. The first-order chi connectivity index (χ1) is 9.75. The maximum atomic E-state index is 5.81. The van der Waals surface area contributed by atoms with Crippen LogP contribution in [0.5, 0.6) is 5.75 Å². The molecular formula is C16H23N3O. The van der Waals surface area contributed by atoms with Gasteiger partial charge >= 0.3 is 0 Å². The van der Waals surface area contributed by atoms with Gasteiger partial charge in [0.2, 0.25) is 0 Å². The van der Waals surface area contributed by atoms with Crippen LogP contribution in [0.25, 0.3) is 0 Å². The van der Waals surface area contributed by atoms with Gasteiger partial charge in [0.25, 0.3) is 0 Å². The lowest BCUT2D eigenvalue weighted by molar-refractivity contribution is 0.239. The first-order valence-corrected chi connectivity index (χ1v) is 7.18. The molecule has 0 radical (unpaired) electrons. The Balaban J connectivity index is 1.73. The molecule has 0 amide bonds. The predicted octanol–water partition coefficient (Wildman–Crippen LogP) is 2.85. The van der Waals surface area contributed by atoms with E-state index in [2.05, 4.69) is 16.5 Å². The van der Waals surface area contributed by atoms with Crippen LogP contribution in [0, 0.1) is 0 Å². The number of hydrogen-bond acceptors (Lipinski definition) is 3. The highest BCUT2D eigenvalue weighted by atomic mass is 16.5. The molecule has 20 heavy (non-hydrogen) atoms. The molecule has 0 fully saturated rings. The van der Waals surface area contributed by atoms with Crippen molar-refractivity contribution in [2.75, 3.05) is 6.54 Å². The van der Waals surface area contributed by atoms with Crippen LogP contribution >= 0.6 is 0 Å². The lowest BCUT2D eigenvalue weighted by Gasteiger charge is -2.14. The molecular weight excluding hydrogens is 250 g/mol. The third-order valence-corrected chi connectivity index (χ3v) is 2.95. The van der Waals surface area contributed by atoms with Gasteiger partial charge in [-0.3, -0.25) is 4.68 Å². The normalized spacial score (nSPS) is 10.9. The number of aromatic nitrogens is 2. The van der Waals surface area contributed by atoms with E-state index in [0.29, 0.717) is 0 Å². The average Bonchev–Trinajstić information content (AvgIpc) is 2.93. The number of para-hydroxylation sites is 1. The number of ether oxygens (including phenoxy) is 1. The number of nitrogens with one attached hydrogen (secondary N) is 1. The molecule has 2 aromatic rings. The molecule has 0 atom stereocenters. The van der Waals surface area contributed by atoms with Gasteiger partial charge in [-0.2, -0.15) is 5.10 Å². The van der Waals surface area contributed by atoms with Crippen molar-refractivity contribution in [2.24, 2.45) is 0 Å². The van der Waals surface area contributed by atoms with Crippen LogP contribution in [-0.2, 0) is 13.1 Å². The zero-order valence-electron chi connectivity index (χ0n) is 12.2. The Morgan fingerprint density at radius 2 is 2.10 bits per heavy atom. The molecule has 0 aliphatic rings. The Morgan fingerprint density at radius 1 is 1.25 bits per heavy atom. The average molecular weight is 273 g/mol. The van der Waals surface area contributed by atoms with Crippen LogP contribution in [-0.4, -0.2) is 22.4 Å². The highest BCUT2D eigenvalue weighted by Crippen LogP contribution is 2.18. The van der Waals surface area contributed by atoms with Gasteiger partial charge in [0.05, 0.1) is 6.10 Å². The smallest absolute Gasteiger partial charge is 0.124 e. The summed E-state index contributed by atoms with van der Waals surface area (Å²) >= 11 is 0. The minimum atomic E-state index is 0.205. The fourth-order valence-electron chi connectivity index (χ4n) is 2.04. The standard InChI is InChI=1S/C16H23N3O/c1-14(2)20-16-8-4-3-7-15(16)13-17-9-5-11-19-12-6-10-18-19/h3-4,6-8,10,12,14,17H,5,9,11,13H2,1-2H3. The molecule has 0 saturated carbocycles. The topological polar surface area (TPSA) is 39.1 Å². The molecule has 0 bridgehead atoms. The molecule has 0 spiro atoms. The third kappa shape index (κ3) is 4.70. The maximum Gasteiger partial charge on any atom is 0.124 e. The summed E-state index contributed by atoms with van der Waals surface area (Å²) in [5, 5.41) is 7.64. The highest BCUT2D eigenvalue weighted by Gasteiger charge is 2.04. The molecule has 4 heteroatoms. The van der Waals surface area contributed by atoms with E-state index in [-0.39, 0.29) is 6.10 Å². The van der Waals surface area contributed by atoms with E-state index in [9.17, 15) is 0 Å². The largest absolute Gasteiger partial charge is 0.491 e. The van der Waals surface area contributed by atoms with Gasteiger partial charge in [-0.15, -0.1) is 0 Å². The lowest BCUT2D eigenvalue weighted by Crippen LogP contribution is -2.18. The van der Waals surface area contributed by atoms with Crippen LogP contribution in [0.4, 0.5) is 0 Å². The number of aryl methyl sites for hydroxylation is 1. The lowest BCUT2D eigenvalue weighted by atomic mass is 10.2. The van der Waals surface area contributed by atoms with Gasteiger partial charge < -0.3 is 10.1 Å². The number of rotatable bonds is 8. The first-order valence-electron chi connectivity index (χ1n) is 7.18. The molecule has 4 nitrogen and oxygen atoms in total. The SMILES string of the molecule is CC(C)Oc1ccccc1CNCCCn1cccn1. The molecule has 1 N–H and O–H groups in total. The van der Waals surface area contributed by atoms with Crippen molar-refractivity contribution in [3.63, 3.8) is 0 Å². The van der Waals surface area contributed by atoms with Crippen molar-refractivity contribution in [3.05, 3.63) is 48.3 Å². The molecule has 0 unspecified atom stereocenters. The minimum absolute atomic E-state index is 0.205. The van der Waals surface area contributed by atoms with Crippen molar-refractivity contribution in [1.82, 2.24) is 15.1 Å². The van der Waals surface area contributed by atoms with E-state index >= 15 is 0 Å². The molecule has 1 aromatic carbocycles. The van der Waals surface area contributed by atoms with Crippen LogP contribution in [0.15, 0.2) is 42.7 Å². The maximum absolute atomic E-state index is 5.81. The monoisotopic (exact) mass is 273 g/mol. The van der Waals surface area contributed by atoms with Crippen LogP contribution < -0.4 is 10.1 Å². The van der Waals surface area contributed by atoms with E-state index in [4.69, 9.17) is 4.74 Å². The molecule has 0 saturated heterocycles. The zero-order chi connectivity index (χ0) is 14.2. The second-order valence-corrected chi connectivity index (χ2v) is 5.07. The van der Waals surface area contributed by atoms with Crippen molar-refractivity contribution in [3.8, 4) is 5.75 Å². The van der Waals surface area contributed by atoms with Gasteiger partial charge in [-0.05, 0) is 38.9 Å². The summed E-state index contributed by atoms with van der Waals surface area (Å²) in [6.45, 7) is 6.85. The van der Waals surface area contributed by atoms with Gasteiger partial charge in [0, 0.05) is 31.0 Å². The minimum Gasteiger partial charge on any atom is -0.491 e. The van der Waals surface area contributed by atoms with E-state index in [1.165, 1.54) is 5.56 Å². The van der Waals surface area contributed by atoms with Gasteiger partial charge in [0.15, 0.2) is 0 Å². The Bertz CT molecular complexity index is 494. The zero-order valence-corrected chi connectivity index (χ0v) is 12.2. The summed E-state index contributed by atoms with van der Waals surface area (Å²) in [6.07, 6.45) is 5.07. The van der Waals surface area contributed by atoms with Crippen LogP contribution in [0.1, 0.15) is 25.8 Å². The fourth-order valence-corrected chi connectivity index (χ4v) is 2.04. The van der Waals surface area contributed by atoms with E-state index in [1.807, 2.05) is 55.2 Å². The Kier molecular flexibility index (Phi) is 5.62. The summed E-state index contributed by atoms with van der Waals surface area (Å²) in [7, 11) is 0. The molecule has 1 heterocycles. The summed E-state index contributed by atoms with van der Waals surface area (Å²) in [6, 6.07) is 10.2. The summed E-state index contributed by atoms with van der Waals surface area (Å²) in [4.78, 5) is 0. The van der Waals surface area contributed by atoms with Crippen molar-refractivity contribution < 1.29 is 4.74 Å². The highest BCUT2D eigenvalue weighted by molar-refractivity contribution is 5.33. The summed E-state index contributed by atoms with van der Waals surface area (Å²) in [5.41, 5.74) is 1.21. The van der Waals surface area contributed by atoms with E-state index in [1.54, 1.807) is 0 Å².